The van der Waals surface area contributed by atoms with Crippen LogP contribution >= 0.6 is 90.1 Å². The van der Waals surface area contributed by atoms with Crippen LogP contribution in [0.4, 0.5) is 16.4 Å². The number of alkyl carbamates (subject to hydrolysis) is 1. The molecular formula is C77H110N10O42P6S4. The third-order valence-electron chi connectivity index (χ3n) is 20.2. The normalized spacial score (nSPS) is 19.1. The molecule has 3 aliphatic rings. The highest BCUT2D eigenvalue weighted by molar-refractivity contribution is 8.77. The zero-order chi connectivity index (χ0) is 103. The van der Waals surface area contributed by atoms with Gasteiger partial charge in [0, 0.05) is 129 Å². The maximum absolute atomic E-state index is 13.6. The molecule has 774 valence electrons. The minimum absolute atomic E-state index is 0.0107. The number of carboxylic acids is 4. The number of hydrogen-bond acceptors (Lipinski definition) is 39. The summed E-state index contributed by atoms with van der Waals surface area (Å²) in [5.74, 6) is -5.70. The van der Waals surface area contributed by atoms with E-state index in [4.69, 9.17) is 66.3 Å². The Morgan fingerprint density at radius 3 is 1.26 bits per heavy atom. The molecule has 3 amide bonds. The number of allylic oxidation sites excluding steroid dienone is 2. The standard InChI is InChI=1S/C46H60N5O22P3S2.C31H50N5O20P3S2/c47-43-28(24-51(45(60)50-43)41-23-38(54)39(71-41)26-70-75(65,66)73-76(67,68)72-74(62,63)64)11-5-6-12-29(52)21-22-77-78-27-36(37(53)17-3-1-2-4-18-40(55)48-35(44(58)59)19-20-42(56)57)49-46(61)69-25-34-32-15-9-7-13-30(32)31-14-8-10-16-33(31)34;32-21(23(38)9-3-1-2-4-10-26(40)34-22(30(43)44)11-12-28(41)42)18-61-60-14-13-20(37)8-6-5-7-19-16-36(31(45)35-29(19)33)27-15-24(39)25(54-27)17-53-58(49,50)56-59(51,52)55-57(46,47)48/h5,7-11,13-16,24,34-36,38-39,41,54H,1-4,6,12,17-23,25-27H2,(H,48,55)(H,49,61)(H,56,57)(H,58,59)(H,65,66)(H,67,68)(H2,47,50,60)(H2,62,63,64);5,7,16,21-22,24-25,27,39H,1-4,6,8-15,17-18,32H2,(H,34,40)(H,41,42)(H,43,44)(H,49,50)(H,51,52)(H2,33,35,45)(H2,46,47,48)/t35?,36?,38?,39-,41-;21?,22?,24?,25-,27-/m11/s1. The van der Waals surface area contributed by atoms with Crippen molar-refractivity contribution < 1.29 is 190 Å². The number of rotatable bonds is 65. The number of aliphatic hydroxyl groups excluding tert-OH is 2. The number of anilines is 2. The van der Waals surface area contributed by atoms with Crippen molar-refractivity contribution in [1.29, 1.82) is 0 Å². The number of benzene rings is 2. The van der Waals surface area contributed by atoms with E-state index in [0.29, 0.717) is 75.0 Å². The molecular weight excluding hydrogens is 2050 g/mol. The molecule has 139 heavy (non-hydrogen) atoms. The lowest BCUT2D eigenvalue weighted by molar-refractivity contribution is -0.144. The van der Waals surface area contributed by atoms with Crippen molar-refractivity contribution in [1.82, 2.24) is 35.1 Å². The van der Waals surface area contributed by atoms with Crippen LogP contribution in [0.5, 0.6) is 0 Å². The highest BCUT2D eigenvalue weighted by Gasteiger charge is 2.46. The van der Waals surface area contributed by atoms with E-state index < -0.39 is 181 Å². The minimum atomic E-state index is -5.80. The molecule has 0 saturated carbocycles. The van der Waals surface area contributed by atoms with Gasteiger partial charge < -0.3 is 117 Å². The Balaban J connectivity index is 0.000000440. The number of Topliss-reactive ketones (excluding diaryl/α,β-unsaturated/α-hetero) is 4. The molecule has 14 atom stereocenters. The summed E-state index contributed by atoms with van der Waals surface area (Å²) < 4.78 is 111. The van der Waals surface area contributed by atoms with E-state index in [1.807, 2.05) is 48.5 Å². The molecule has 10 unspecified atom stereocenters. The quantitative estimate of drug-likeness (QED) is 0.0122. The number of carbonyl (C=O) groups is 11. The number of aromatic nitrogens is 4. The molecule has 0 spiro atoms. The number of ether oxygens (including phenoxy) is 3. The molecule has 2 fully saturated rings. The van der Waals surface area contributed by atoms with Gasteiger partial charge in [0.25, 0.3) is 0 Å². The number of nitrogen functional groups attached to an aromatic ring is 2. The number of unbranched alkanes of at least 4 members (excludes halogenated alkanes) is 6. The van der Waals surface area contributed by atoms with Crippen molar-refractivity contribution in [2.75, 3.05) is 54.3 Å². The number of nitrogens with zero attached hydrogens (tertiary/aromatic N) is 4. The summed E-state index contributed by atoms with van der Waals surface area (Å²) in [6, 6.07) is 11.5. The van der Waals surface area contributed by atoms with E-state index >= 15 is 0 Å². The van der Waals surface area contributed by atoms with Gasteiger partial charge >= 0.3 is 88.3 Å². The fourth-order valence-corrected chi connectivity index (χ4v) is 23.9. The van der Waals surface area contributed by atoms with Crippen LogP contribution in [0.2, 0.25) is 0 Å². The number of fused-ring (bicyclic) bond motifs is 3. The fraction of sp³-hybridized carbons (Fsp3) is 0.545. The van der Waals surface area contributed by atoms with Gasteiger partial charge in [0.2, 0.25) is 11.8 Å². The number of ketones is 4. The second-order valence-electron chi connectivity index (χ2n) is 31.0. The first-order chi connectivity index (χ1) is 65.2. The molecule has 62 heteroatoms. The summed E-state index contributed by atoms with van der Waals surface area (Å²) in [4.78, 5) is 238. The molecule has 7 rings (SSSR count). The van der Waals surface area contributed by atoms with Crippen molar-refractivity contribution >= 4 is 179 Å². The van der Waals surface area contributed by atoms with Crippen molar-refractivity contribution in [3.05, 3.63) is 116 Å². The summed E-state index contributed by atoms with van der Waals surface area (Å²) in [6.45, 7) is -1.88. The van der Waals surface area contributed by atoms with Gasteiger partial charge in [0.15, 0.2) is 5.78 Å². The van der Waals surface area contributed by atoms with E-state index in [-0.39, 0.29) is 154 Å². The fourth-order valence-electron chi connectivity index (χ4n) is 13.4. The Hall–Kier alpha value is -7.93. The van der Waals surface area contributed by atoms with Crippen LogP contribution in [-0.4, -0.2) is 245 Å². The largest absolute Gasteiger partial charge is 0.490 e. The molecule has 0 radical (unpaired) electrons. The number of phosphoric ester groups is 2. The van der Waals surface area contributed by atoms with Gasteiger partial charge in [-0.2, -0.15) is 27.2 Å². The third-order valence-corrected chi connectivity index (χ3v) is 32.7. The first-order valence-electron chi connectivity index (χ1n) is 42.5. The van der Waals surface area contributed by atoms with Gasteiger partial charge in [-0.3, -0.25) is 56.5 Å². The number of phosphoric acid groups is 6. The Morgan fingerprint density at radius 1 is 0.475 bits per heavy atom. The van der Waals surface area contributed by atoms with Crippen molar-refractivity contribution in [2.24, 2.45) is 5.73 Å². The third kappa shape index (κ3) is 45.3. The van der Waals surface area contributed by atoms with Crippen LogP contribution in [0.15, 0.2) is 82.7 Å². The summed E-state index contributed by atoms with van der Waals surface area (Å²) in [5, 5.41) is 64.2. The van der Waals surface area contributed by atoms with Crippen molar-refractivity contribution in [2.45, 2.75) is 221 Å². The lowest BCUT2D eigenvalue weighted by Gasteiger charge is -2.19. The molecule has 4 heterocycles. The average molecular weight is 2160 g/mol. The lowest BCUT2D eigenvalue weighted by atomic mass is 9.98. The van der Waals surface area contributed by atoms with Gasteiger partial charge in [-0.1, -0.05) is 142 Å². The maximum Gasteiger partial charge on any atom is 0.490 e. The first-order valence-corrected chi connectivity index (χ1v) is 56.5. The molecule has 2 saturated heterocycles. The molecule has 23 N–H and O–H groups in total. The predicted molar refractivity (Wildman–Crippen MR) is 498 cm³/mol. The van der Waals surface area contributed by atoms with Crippen LogP contribution < -0.4 is 44.5 Å². The molecule has 2 aromatic carbocycles. The zero-order valence-corrected chi connectivity index (χ0v) is 82.5. The lowest BCUT2D eigenvalue weighted by Crippen LogP contribution is -2.43. The zero-order valence-electron chi connectivity index (χ0n) is 73.9. The summed E-state index contributed by atoms with van der Waals surface area (Å²) in [5.41, 5.74) is 20.7. The molecule has 0 bridgehead atoms. The van der Waals surface area contributed by atoms with E-state index in [1.165, 1.54) is 67.7 Å². The number of carboxylic acid groups (broad SMARTS) is 4. The first kappa shape index (κ1) is 120. The minimum Gasteiger partial charge on any atom is -0.481 e. The number of amides is 3. The van der Waals surface area contributed by atoms with Crippen LogP contribution in [0, 0.1) is 0 Å². The second-order valence-corrected chi connectivity index (χ2v) is 45.1. The summed E-state index contributed by atoms with van der Waals surface area (Å²) >= 11 is 0. The van der Waals surface area contributed by atoms with Gasteiger partial charge in [-0.25, -0.2) is 51.4 Å². The van der Waals surface area contributed by atoms with Crippen LogP contribution in [0.3, 0.4) is 0 Å². The SMILES string of the molecule is Nc1nc(=O)n([C@H]2CC(O)[C@@H](COP(=O)(O)OP(=O)(O)OP(=O)(O)O)O2)cc1C=CCCC(=O)CCSSCC(N)C(=O)CCCCCCC(=O)NC(CCC(=O)O)C(=O)O.Nc1nc(=O)n([C@H]2CC(O)[C@@H](COP(=O)(O)OP(=O)(O)OP(=O)(O)O)O2)cc1C=CCCC(=O)CCSSCC(NC(=O)OCC1c2ccccc2-c2ccccc21)C(=O)CCCCCCC(=O)NC(CCC(=O)O)C(=O)O. The smallest absolute Gasteiger partial charge is 0.481 e. The van der Waals surface area contributed by atoms with Gasteiger partial charge in [-0.15, -0.1) is 0 Å². The topological polar surface area (TPSA) is 840 Å². The Bertz CT molecular complexity index is 5380. The van der Waals surface area contributed by atoms with Crippen LogP contribution in [0.1, 0.15) is 195 Å². The highest BCUT2D eigenvalue weighted by Crippen LogP contribution is 2.68. The number of aliphatic carboxylic acids is 4. The van der Waals surface area contributed by atoms with Crippen LogP contribution in [-0.2, 0) is 116 Å². The highest BCUT2D eigenvalue weighted by atomic mass is 33.1. The van der Waals surface area contributed by atoms with Crippen molar-refractivity contribution in [3.63, 3.8) is 0 Å². The van der Waals surface area contributed by atoms with E-state index in [9.17, 15) is 125 Å². The van der Waals surface area contributed by atoms with E-state index in [0.717, 1.165) is 31.4 Å². The Kier molecular flexibility index (Phi) is 50.1. The van der Waals surface area contributed by atoms with Crippen LogP contribution in [0.25, 0.3) is 23.3 Å². The number of carbonyl (C=O) groups excluding carboxylic acids is 7. The number of nitrogens with one attached hydrogen (secondary N) is 3. The summed E-state index contributed by atoms with van der Waals surface area (Å²) in [7, 11) is -28.4. The molecule has 2 aromatic heterocycles. The molecule has 2 aliphatic heterocycles. The molecule has 1 aliphatic carbocycles. The van der Waals surface area contributed by atoms with Crippen molar-refractivity contribution in [3.8, 4) is 11.1 Å². The van der Waals surface area contributed by atoms with Gasteiger partial charge in [0.05, 0.1) is 31.5 Å². The number of aliphatic hydroxyl groups is 2. The van der Waals surface area contributed by atoms with E-state index in [1.54, 1.807) is 12.2 Å². The number of hydrogen-bond donors (Lipinski definition) is 20. The Morgan fingerprint density at radius 2 is 0.863 bits per heavy atom. The molecule has 52 nitrogen and oxygen atoms in total. The summed E-state index contributed by atoms with van der Waals surface area (Å²) in [6.07, 6.45) is 4.14. The molecule has 4 aromatic rings. The van der Waals surface area contributed by atoms with Gasteiger partial charge in [-0.05, 0) is 73.6 Å². The maximum atomic E-state index is 13.6. The Labute approximate surface area is 808 Å². The number of nitrogens with two attached hydrogens (primary N) is 3. The second kappa shape index (κ2) is 58.1. The van der Waals surface area contributed by atoms with Gasteiger partial charge in [0.1, 0.15) is 78.4 Å². The average Bonchev–Trinajstić information content (AvgIpc) is 1.61. The van der Waals surface area contributed by atoms with E-state index in [2.05, 4.69) is 52.2 Å². The monoisotopic (exact) mass is 2160 g/mol. The predicted octanol–water partition coefficient (Wildman–Crippen LogP) is 6.82.